The van der Waals surface area contributed by atoms with Crippen LogP contribution in [0.15, 0.2) is 35.8 Å². The highest BCUT2D eigenvalue weighted by atomic mass is 32.1. The van der Waals surface area contributed by atoms with E-state index in [0.717, 1.165) is 16.3 Å². The first-order valence-corrected chi connectivity index (χ1v) is 8.53. The Labute approximate surface area is 141 Å². The van der Waals surface area contributed by atoms with Gasteiger partial charge >= 0.3 is 0 Å². The Hall–Kier alpha value is -2.38. The number of aryl methyl sites for hydroxylation is 1. The molecule has 3 rings (SSSR count). The van der Waals surface area contributed by atoms with Crippen LogP contribution in [-0.4, -0.2) is 21.7 Å². The molecule has 5 nitrogen and oxygen atoms in total. The van der Waals surface area contributed by atoms with Crippen molar-refractivity contribution in [1.82, 2.24) is 9.97 Å². The number of nitrogens with one attached hydrogen (secondary N) is 1. The monoisotopic (exact) mass is 343 g/mol. The van der Waals surface area contributed by atoms with E-state index in [2.05, 4.69) is 15.3 Å². The topological polar surface area (TPSA) is 72.0 Å². The number of hydrogen-bond acceptors (Lipinski definition) is 6. The molecule has 7 heteroatoms. The van der Waals surface area contributed by atoms with Crippen LogP contribution >= 0.6 is 22.7 Å². The van der Waals surface area contributed by atoms with E-state index in [1.807, 2.05) is 24.4 Å². The Kier molecular flexibility index (Phi) is 4.31. The fraction of sp³-hybridized carbons (Fsp3) is 0.125. The zero-order chi connectivity index (χ0) is 16.4. The Morgan fingerprint density at radius 2 is 1.91 bits per heavy atom. The second-order valence-electron chi connectivity index (χ2n) is 4.91. The SMILES string of the molecule is CC(=O)c1cnc(NC(=O)c2ccc(-c3nc(C)cs3)cc2)s1. The number of benzene rings is 1. The lowest BCUT2D eigenvalue weighted by Crippen LogP contribution is -2.11. The minimum absolute atomic E-state index is 0.0638. The number of ketones is 1. The molecule has 0 atom stereocenters. The summed E-state index contributed by atoms with van der Waals surface area (Å²) in [6, 6.07) is 7.24. The molecule has 0 spiro atoms. The molecule has 0 fully saturated rings. The van der Waals surface area contributed by atoms with E-state index >= 15 is 0 Å². The van der Waals surface area contributed by atoms with Gasteiger partial charge in [0.15, 0.2) is 10.9 Å². The van der Waals surface area contributed by atoms with Crippen LogP contribution in [-0.2, 0) is 0 Å². The van der Waals surface area contributed by atoms with E-state index in [-0.39, 0.29) is 11.7 Å². The van der Waals surface area contributed by atoms with Gasteiger partial charge in [-0.1, -0.05) is 23.5 Å². The van der Waals surface area contributed by atoms with Crippen molar-refractivity contribution in [1.29, 1.82) is 0 Å². The highest BCUT2D eigenvalue weighted by Crippen LogP contribution is 2.24. The summed E-state index contributed by atoms with van der Waals surface area (Å²) in [5.74, 6) is -0.317. The molecule has 23 heavy (non-hydrogen) atoms. The van der Waals surface area contributed by atoms with E-state index in [0.29, 0.717) is 15.6 Å². The summed E-state index contributed by atoms with van der Waals surface area (Å²) >= 11 is 2.74. The van der Waals surface area contributed by atoms with Crippen molar-refractivity contribution in [3.63, 3.8) is 0 Å². The minimum Gasteiger partial charge on any atom is -0.298 e. The summed E-state index contributed by atoms with van der Waals surface area (Å²) in [6.45, 7) is 3.42. The standard InChI is InChI=1S/C16H13N3O2S2/c1-9-8-22-15(18-9)12-5-3-11(4-6-12)14(21)19-16-17-7-13(23-16)10(2)20/h3-8H,1-2H3,(H,17,19,21). The molecule has 0 aliphatic rings. The summed E-state index contributed by atoms with van der Waals surface area (Å²) in [4.78, 5) is 32.4. The van der Waals surface area contributed by atoms with Crippen molar-refractivity contribution in [2.45, 2.75) is 13.8 Å². The first kappa shape index (κ1) is 15.5. The van der Waals surface area contributed by atoms with Crippen molar-refractivity contribution in [3.05, 3.63) is 52.0 Å². The molecule has 0 aliphatic carbocycles. The third kappa shape index (κ3) is 3.52. The van der Waals surface area contributed by atoms with Gasteiger partial charge in [0.1, 0.15) is 5.01 Å². The van der Waals surface area contributed by atoms with Crippen molar-refractivity contribution < 1.29 is 9.59 Å². The molecule has 2 heterocycles. The second kappa shape index (κ2) is 6.39. The van der Waals surface area contributed by atoms with Gasteiger partial charge in [-0.3, -0.25) is 14.9 Å². The fourth-order valence-electron chi connectivity index (χ4n) is 1.91. The van der Waals surface area contributed by atoms with Gasteiger partial charge in [0.2, 0.25) is 0 Å². The molecule has 0 saturated carbocycles. The third-order valence-corrected chi connectivity index (χ3v) is 5.11. The van der Waals surface area contributed by atoms with Gasteiger partial charge in [0, 0.05) is 29.1 Å². The Balaban J connectivity index is 1.73. The van der Waals surface area contributed by atoms with Gasteiger partial charge in [-0.2, -0.15) is 0 Å². The van der Waals surface area contributed by atoms with E-state index in [9.17, 15) is 9.59 Å². The lowest BCUT2D eigenvalue weighted by molar-refractivity contribution is 0.101. The zero-order valence-corrected chi connectivity index (χ0v) is 14.1. The number of amides is 1. The largest absolute Gasteiger partial charge is 0.298 e. The number of rotatable bonds is 4. The van der Waals surface area contributed by atoms with Crippen LogP contribution in [0, 0.1) is 6.92 Å². The predicted molar refractivity (Wildman–Crippen MR) is 92.4 cm³/mol. The van der Waals surface area contributed by atoms with Gasteiger partial charge in [0.05, 0.1) is 11.1 Å². The smallest absolute Gasteiger partial charge is 0.257 e. The molecule has 0 radical (unpaired) electrons. The summed E-state index contributed by atoms with van der Waals surface area (Å²) in [5, 5.41) is 6.04. The van der Waals surface area contributed by atoms with Crippen molar-refractivity contribution in [3.8, 4) is 10.6 Å². The minimum atomic E-state index is -0.253. The lowest BCUT2D eigenvalue weighted by Gasteiger charge is -2.02. The highest BCUT2D eigenvalue weighted by Gasteiger charge is 2.11. The maximum Gasteiger partial charge on any atom is 0.257 e. The first-order chi connectivity index (χ1) is 11.0. The number of anilines is 1. The van der Waals surface area contributed by atoms with E-state index in [4.69, 9.17) is 0 Å². The molecular weight excluding hydrogens is 330 g/mol. The maximum absolute atomic E-state index is 12.2. The molecular formula is C16H13N3O2S2. The van der Waals surface area contributed by atoms with Crippen molar-refractivity contribution in [2.24, 2.45) is 0 Å². The first-order valence-electron chi connectivity index (χ1n) is 6.83. The van der Waals surface area contributed by atoms with E-state index in [1.54, 1.807) is 23.5 Å². The molecule has 0 bridgehead atoms. The van der Waals surface area contributed by atoms with Crippen LogP contribution in [0.3, 0.4) is 0 Å². The Morgan fingerprint density at radius 3 is 2.48 bits per heavy atom. The van der Waals surface area contributed by atoms with E-state index in [1.165, 1.54) is 24.5 Å². The number of Topliss-reactive ketones (excluding diaryl/α,β-unsaturated/α-hetero) is 1. The average Bonchev–Trinajstić information content (AvgIpc) is 3.16. The predicted octanol–water partition coefficient (Wildman–Crippen LogP) is 4.03. The fourth-order valence-corrected chi connectivity index (χ4v) is 3.43. The Bertz CT molecular complexity index is 866. The van der Waals surface area contributed by atoms with Crippen LogP contribution in [0.5, 0.6) is 0 Å². The average molecular weight is 343 g/mol. The molecule has 2 aromatic heterocycles. The highest BCUT2D eigenvalue weighted by molar-refractivity contribution is 7.17. The molecule has 0 aliphatic heterocycles. The molecule has 3 aromatic rings. The van der Waals surface area contributed by atoms with Gasteiger partial charge in [-0.15, -0.1) is 11.3 Å². The summed E-state index contributed by atoms with van der Waals surface area (Å²) < 4.78 is 0. The van der Waals surface area contributed by atoms with Gasteiger partial charge in [-0.05, 0) is 19.1 Å². The third-order valence-electron chi connectivity index (χ3n) is 3.09. The lowest BCUT2D eigenvalue weighted by atomic mass is 10.1. The number of nitrogens with zero attached hydrogens (tertiary/aromatic N) is 2. The normalized spacial score (nSPS) is 10.5. The molecule has 0 unspecified atom stereocenters. The number of hydrogen-bond donors (Lipinski definition) is 1. The molecule has 116 valence electrons. The number of aromatic nitrogens is 2. The zero-order valence-electron chi connectivity index (χ0n) is 12.5. The van der Waals surface area contributed by atoms with Crippen molar-refractivity contribution >= 4 is 39.5 Å². The Morgan fingerprint density at radius 1 is 1.17 bits per heavy atom. The number of thiazole rings is 2. The molecule has 1 N–H and O–H groups in total. The number of carbonyl (C=O) groups is 2. The maximum atomic E-state index is 12.2. The quantitative estimate of drug-likeness (QED) is 0.726. The van der Waals surface area contributed by atoms with Crippen LogP contribution in [0.25, 0.3) is 10.6 Å². The molecule has 1 amide bonds. The van der Waals surface area contributed by atoms with Gasteiger partial charge in [-0.25, -0.2) is 9.97 Å². The second-order valence-corrected chi connectivity index (χ2v) is 6.80. The number of carbonyl (C=O) groups excluding carboxylic acids is 2. The van der Waals surface area contributed by atoms with Crippen molar-refractivity contribution in [2.75, 3.05) is 5.32 Å². The van der Waals surface area contributed by atoms with Crippen LogP contribution in [0.1, 0.15) is 32.6 Å². The summed E-state index contributed by atoms with van der Waals surface area (Å²) in [5.41, 5.74) is 2.49. The molecule has 0 saturated heterocycles. The molecule has 1 aromatic carbocycles. The summed E-state index contributed by atoms with van der Waals surface area (Å²) in [6.07, 6.45) is 1.47. The summed E-state index contributed by atoms with van der Waals surface area (Å²) in [7, 11) is 0. The van der Waals surface area contributed by atoms with Crippen LogP contribution < -0.4 is 5.32 Å². The van der Waals surface area contributed by atoms with Crippen LogP contribution in [0.2, 0.25) is 0 Å². The van der Waals surface area contributed by atoms with Gasteiger partial charge in [0.25, 0.3) is 5.91 Å². The van der Waals surface area contributed by atoms with Crippen LogP contribution in [0.4, 0.5) is 5.13 Å². The van der Waals surface area contributed by atoms with Gasteiger partial charge < -0.3 is 0 Å². The van der Waals surface area contributed by atoms with E-state index < -0.39 is 0 Å².